The third-order valence-electron chi connectivity index (χ3n) is 15.6. The number of carbonyl (C=O) groups is 4. The molecule has 71 heavy (non-hydrogen) atoms. The molecule has 3 fully saturated rings. The van der Waals surface area contributed by atoms with E-state index < -0.39 is 78.1 Å². The minimum absolute atomic E-state index is 0.0258. The fourth-order valence-electron chi connectivity index (χ4n) is 11.0. The Hall–Kier alpha value is -4.02. The van der Waals surface area contributed by atoms with Gasteiger partial charge in [0.15, 0.2) is 5.78 Å². The number of ketones is 2. The first-order valence-electron chi connectivity index (χ1n) is 26.1. The molecule has 1 aromatic carbocycles. The van der Waals surface area contributed by atoms with Gasteiger partial charge in [0, 0.05) is 58.5 Å². The lowest BCUT2D eigenvalue weighted by molar-refractivity contribution is -0.313. The number of fused-ring (bicyclic) bond motifs is 3. The van der Waals surface area contributed by atoms with E-state index in [1.54, 1.807) is 58.4 Å². The number of piperidine rings is 1. The van der Waals surface area contributed by atoms with Crippen molar-refractivity contribution in [3.05, 3.63) is 77.9 Å². The number of cyclic esters (lactones) is 1. The molecule has 1 aromatic rings. The van der Waals surface area contributed by atoms with E-state index >= 15 is 4.79 Å². The molecule has 1 amide bonds. The van der Waals surface area contributed by atoms with Crippen LogP contribution in [0.25, 0.3) is 0 Å². The van der Waals surface area contributed by atoms with Gasteiger partial charge in [-0.3, -0.25) is 14.4 Å². The van der Waals surface area contributed by atoms with E-state index in [0.717, 1.165) is 12.0 Å². The number of carbonyl (C=O) groups excluding carboxylic acids is 4. The average molecular weight is 992 g/mol. The average Bonchev–Trinajstić information content (AvgIpc) is 3.35. The van der Waals surface area contributed by atoms with Crippen LogP contribution in [0.3, 0.4) is 0 Å². The smallest absolute Gasteiger partial charge is 0.329 e. The minimum atomic E-state index is -2.10. The predicted octanol–water partition coefficient (Wildman–Crippen LogP) is 8.06. The van der Waals surface area contributed by atoms with Crippen LogP contribution in [0.5, 0.6) is 5.75 Å². The van der Waals surface area contributed by atoms with Gasteiger partial charge in [-0.15, -0.1) is 0 Å². The van der Waals surface area contributed by atoms with Crippen molar-refractivity contribution in [2.24, 2.45) is 35.5 Å². The first-order valence-corrected chi connectivity index (χ1v) is 26.1. The summed E-state index contributed by atoms with van der Waals surface area (Å²) in [4.78, 5) is 59.6. The molecule has 3 heterocycles. The lowest BCUT2D eigenvalue weighted by Gasteiger charge is -2.47. The quantitative estimate of drug-likeness (QED) is 0.168. The highest BCUT2D eigenvalue weighted by molar-refractivity contribution is 5.89. The van der Waals surface area contributed by atoms with E-state index in [1.165, 1.54) is 12.0 Å². The Bertz CT molecular complexity index is 2020. The summed E-state index contributed by atoms with van der Waals surface area (Å²) in [5.41, 5.74) is 1.33. The van der Waals surface area contributed by atoms with Crippen LogP contribution in [0.4, 0.5) is 0 Å². The zero-order chi connectivity index (χ0) is 52.0. The van der Waals surface area contributed by atoms with Crippen molar-refractivity contribution in [1.82, 2.24) is 4.90 Å². The van der Waals surface area contributed by atoms with Crippen molar-refractivity contribution in [2.45, 2.75) is 186 Å². The summed E-state index contributed by atoms with van der Waals surface area (Å²) in [5.74, 6) is -5.37. The summed E-state index contributed by atoms with van der Waals surface area (Å²) in [7, 11) is 4.60. The zero-order valence-corrected chi connectivity index (χ0v) is 44.1. The number of rotatable bonds is 8. The second kappa shape index (κ2) is 27.3. The number of methoxy groups -OCH3 is 3. The molecule has 2 saturated heterocycles. The molecule has 4 aliphatic rings. The van der Waals surface area contributed by atoms with Crippen LogP contribution in [0.2, 0.25) is 0 Å². The van der Waals surface area contributed by atoms with E-state index in [4.69, 9.17) is 28.4 Å². The topological polar surface area (TPSA) is 188 Å². The molecule has 2 bridgehead atoms. The number of hydrogen-bond donors (Lipinski definition) is 3. The van der Waals surface area contributed by atoms with Gasteiger partial charge in [-0.2, -0.15) is 0 Å². The fraction of sp³-hybridized carbons (Fsp3) is 0.684. The van der Waals surface area contributed by atoms with Gasteiger partial charge >= 0.3 is 5.97 Å². The SMILES string of the molecule is CO[C@H]1C[C@@H]2CC[C@@H](C)[C@@](O)(O2)[C@H](Oc2ccccc2)C(=O)N2CCCCC2C(=O)OC([C@H](C)CC2CC[C@@H](O)[C@H](OC)C2)CC(=O)[C@H](C)/C=C(\C)C(O)[C@@H](OC)C(=O)C(C)CC(C)/C=C/C=C/C=C/1C. The number of nitrogens with zero attached hydrogens (tertiary/aromatic N) is 1. The molecule has 6 unspecified atom stereocenters. The standard InChI is InChI=1S/C57H85NO13/c1-35-19-13-11-14-20-36(2)48(66-8)33-44-26-24-41(7)57(65,71-44)54(69-43-21-15-12-16-22-43)55(63)58-28-18-17-23-45(58)56(64)70-49(38(4)31-42-25-27-46(59)50(32-42)67-9)34-47(60)37(3)30-40(6)52(62)53(68-10)51(61)39(5)29-35/h11-16,19-22,30,35,37-39,41-42,44-46,48-50,52-54,59,62,65H,17-18,23-29,31-34H2,1-10H3/b14-11+,19-13+,36-20+,40-30+/t35?,37-,38-,39?,41-,42?,44+,45?,46-,48+,49?,50-,52?,53+,54-,57-/m1/s1. The molecule has 3 aliphatic heterocycles. The summed E-state index contributed by atoms with van der Waals surface area (Å²) in [6.45, 7) is 13.2. The molecular weight excluding hydrogens is 907 g/mol. The molecule has 14 heteroatoms. The Morgan fingerprint density at radius 2 is 1.56 bits per heavy atom. The van der Waals surface area contributed by atoms with E-state index in [0.29, 0.717) is 75.5 Å². The third-order valence-corrected chi connectivity index (χ3v) is 15.6. The number of allylic oxidation sites excluding steroid dienone is 6. The maximum absolute atomic E-state index is 15.3. The van der Waals surface area contributed by atoms with Crippen molar-refractivity contribution >= 4 is 23.4 Å². The van der Waals surface area contributed by atoms with Crippen LogP contribution < -0.4 is 4.74 Å². The normalized spacial score (nSPS) is 38.9. The van der Waals surface area contributed by atoms with Crippen LogP contribution in [-0.2, 0) is 42.9 Å². The molecule has 5 rings (SSSR count). The lowest BCUT2D eigenvalue weighted by Crippen LogP contribution is -2.65. The molecule has 14 nitrogen and oxygen atoms in total. The lowest BCUT2D eigenvalue weighted by atomic mass is 9.78. The number of esters is 1. The van der Waals surface area contributed by atoms with Crippen molar-refractivity contribution in [3.63, 3.8) is 0 Å². The molecule has 396 valence electrons. The molecule has 0 spiro atoms. The summed E-state index contributed by atoms with van der Waals surface area (Å²) >= 11 is 0. The van der Waals surface area contributed by atoms with E-state index in [2.05, 4.69) is 0 Å². The Morgan fingerprint density at radius 3 is 2.25 bits per heavy atom. The van der Waals surface area contributed by atoms with Gasteiger partial charge in [-0.05, 0) is 119 Å². The van der Waals surface area contributed by atoms with Crippen LogP contribution >= 0.6 is 0 Å². The Morgan fingerprint density at radius 1 is 0.831 bits per heavy atom. The molecule has 0 radical (unpaired) electrons. The number of aliphatic hydroxyl groups is 3. The largest absolute Gasteiger partial charge is 0.475 e. The van der Waals surface area contributed by atoms with Crippen molar-refractivity contribution in [3.8, 4) is 5.75 Å². The summed E-state index contributed by atoms with van der Waals surface area (Å²) in [6, 6.07) is 7.76. The van der Waals surface area contributed by atoms with Gasteiger partial charge in [-0.1, -0.05) is 89.3 Å². The maximum Gasteiger partial charge on any atom is 0.329 e. The van der Waals surface area contributed by atoms with E-state index in [9.17, 15) is 29.7 Å². The highest BCUT2D eigenvalue weighted by atomic mass is 16.7. The molecule has 3 N–H and O–H groups in total. The Kier molecular flexibility index (Phi) is 22.3. The minimum Gasteiger partial charge on any atom is -0.475 e. The second-order valence-corrected chi connectivity index (χ2v) is 21.2. The number of Topliss-reactive ketones (excluding diaryl/α,β-unsaturated/α-hetero) is 2. The van der Waals surface area contributed by atoms with Crippen molar-refractivity contribution in [1.29, 1.82) is 0 Å². The molecule has 16 atom stereocenters. The number of aliphatic hydroxyl groups excluding tert-OH is 2. The summed E-state index contributed by atoms with van der Waals surface area (Å²) < 4.78 is 36.8. The fourth-order valence-corrected chi connectivity index (χ4v) is 11.0. The number of amides is 1. The predicted molar refractivity (Wildman–Crippen MR) is 271 cm³/mol. The van der Waals surface area contributed by atoms with Gasteiger partial charge in [0.05, 0.1) is 24.4 Å². The molecule has 1 aliphatic carbocycles. The van der Waals surface area contributed by atoms with Gasteiger partial charge < -0.3 is 48.6 Å². The second-order valence-electron chi connectivity index (χ2n) is 21.2. The van der Waals surface area contributed by atoms with Gasteiger partial charge in [0.25, 0.3) is 5.91 Å². The van der Waals surface area contributed by atoms with Crippen LogP contribution in [0.1, 0.15) is 126 Å². The highest BCUT2D eigenvalue weighted by Gasteiger charge is 2.55. The summed E-state index contributed by atoms with van der Waals surface area (Å²) in [5, 5.41) is 34.9. The highest BCUT2D eigenvalue weighted by Crippen LogP contribution is 2.40. The number of ether oxygens (including phenoxy) is 6. The summed E-state index contributed by atoms with van der Waals surface area (Å²) in [6.07, 6.45) is 10.6. The van der Waals surface area contributed by atoms with Crippen molar-refractivity contribution < 1.29 is 62.9 Å². The van der Waals surface area contributed by atoms with Gasteiger partial charge in [0.2, 0.25) is 11.9 Å². The van der Waals surface area contributed by atoms with E-state index in [-0.39, 0.29) is 54.5 Å². The number of para-hydroxylation sites is 1. The zero-order valence-electron chi connectivity index (χ0n) is 44.1. The van der Waals surface area contributed by atoms with E-state index in [1.807, 2.05) is 71.1 Å². The Labute approximate surface area is 423 Å². The first-order chi connectivity index (χ1) is 33.8. The first kappa shape index (κ1) is 57.9. The number of benzene rings is 1. The van der Waals surface area contributed by atoms with Gasteiger partial charge in [0.1, 0.15) is 35.9 Å². The monoisotopic (exact) mass is 992 g/mol. The van der Waals surface area contributed by atoms with Crippen LogP contribution in [0.15, 0.2) is 77.9 Å². The number of hydrogen-bond acceptors (Lipinski definition) is 13. The Balaban J connectivity index is 1.54. The van der Waals surface area contributed by atoms with Gasteiger partial charge in [-0.25, -0.2) is 4.79 Å². The van der Waals surface area contributed by atoms with Crippen LogP contribution in [0, 0.1) is 35.5 Å². The van der Waals surface area contributed by atoms with Crippen molar-refractivity contribution in [2.75, 3.05) is 27.9 Å². The third kappa shape index (κ3) is 15.5. The van der Waals surface area contributed by atoms with Crippen LogP contribution in [-0.4, -0.2) is 132 Å². The molecular formula is C57H85NO13. The molecule has 1 saturated carbocycles. The molecule has 0 aromatic heterocycles. The maximum atomic E-state index is 15.3.